The van der Waals surface area contributed by atoms with Crippen molar-refractivity contribution in [3.8, 4) is 5.75 Å². The van der Waals surface area contributed by atoms with Gasteiger partial charge in [0.2, 0.25) is 5.01 Å². The van der Waals surface area contributed by atoms with E-state index in [0.717, 1.165) is 12.3 Å². The molecule has 0 spiro atoms. The highest BCUT2D eigenvalue weighted by atomic mass is 32.1. The zero-order valence-corrected chi connectivity index (χ0v) is 20.7. The highest BCUT2D eigenvalue weighted by molar-refractivity contribution is 7.13. The van der Waals surface area contributed by atoms with E-state index < -0.39 is 0 Å². The van der Waals surface area contributed by atoms with E-state index in [1.54, 1.807) is 24.3 Å². The Morgan fingerprint density at radius 3 is 2.63 bits per heavy atom. The molecule has 0 unspecified atom stereocenters. The fourth-order valence-electron chi connectivity index (χ4n) is 4.14. The van der Waals surface area contributed by atoms with Crippen LogP contribution in [0.5, 0.6) is 5.75 Å². The van der Waals surface area contributed by atoms with Gasteiger partial charge in [-0.3, -0.25) is 9.59 Å². The SMILES string of the molecule is CN(CCNC(=O)c1cccc(NC(=O)c2nnc(COc3ccccc3)s2)c1)C1CCCCC1. The van der Waals surface area contributed by atoms with Crippen LogP contribution >= 0.6 is 11.3 Å². The van der Waals surface area contributed by atoms with E-state index in [-0.39, 0.29) is 23.4 Å². The summed E-state index contributed by atoms with van der Waals surface area (Å²) in [4.78, 5) is 27.6. The van der Waals surface area contributed by atoms with Crippen LogP contribution in [0, 0.1) is 0 Å². The van der Waals surface area contributed by atoms with Crippen molar-refractivity contribution in [2.24, 2.45) is 0 Å². The van der Waals surface area contributed by atoms with Gasteiger partial charge in [0, 0.05) is 30.4 Å². The monoisotopic (exact) mass is 493 g/mol. The average Bonchev–Trinajstić information content (AvgIpc) is 3.38. The van der Waals surface area contributed by atoms with Crippen LogP contribution in [0.2, 0.25) is 0 Å². The molecular weight excluding hydrogens is 462 g/mol. The zero-order chi connectivity index (χ0) is 24.5. The van der Waals surface area contributed by atoms with Gasteiger partial charge < -0.3 is 20.3 Å². The smallest absolute Gasteiger partial charge is 0.286 e. The molecule has 0 bridgehead atoms. The number of nitrogens with one attached hydrogen (secondary N) is 2. The Kier molecular flexibility index (Phi) is 8.80. The van der Waals surface area contributed by atoms with Crippen molar-refractivity contribution in [3.05, 3.63) is 70.2 Å². The maximum Gasteiger partial charge on any atom is 0.286 e. The average molecular weight is 494 g/mol. The largest absolute Gasteiger partial charge is 0.486 e. The third-order valence-corrected chi connectivity index (χ3v) is 6.99. The highest BCUT2D eigenvalue weighted by Crippen LogP contribution is 2.21. The number of nitrogens with zero attached hydrogens (tertiary/aromatic N) is 3. The number of aromatic nitrogens is 2. The third kappa shape index (κ3) is 7.34. The van der Waals surface area contributed by atoms with E-state index in [9.17, 15) is 9.59 Å². The lowest BCUT2D eigenvalue weighted by molar-refractivity contribution is 0.0943. The van der Waals surface area contributed by atoms with Crippen LogP contribution in [0.25, 0.3) is 0 Å². The molecule has 2 N–H and O–H groups in total. The number of benzene rings is 2. The van der Waals surface area contributed by atoms with Gasteiger partial charge in [-0.1, -0.05) is 54.9 Å². The Morgan fingerprint density at radius 2 is 1.83 bits per heavy atom. The molecule has 1 aliphatic rings. The minimum absolute atomic E-state index is 0.158. The third-order valence-electron chi connectivity index (χ3n) is 6.10. The van der Waals surface area contributed by atoms with Crippen LogP contribution in [0.4, 0.5) is 5.69 Å². The number of rotatable bonds is 10. The molecule has 4 rings (SSSR count). The topological polar surface area (TPSA) is 96.5 Å². The summed E-state index contributed by atoms with van der Waals surface area (Å²) in [5.41, 5.74) is 1.02. The van der Waals surface area contributed by atoms with Gasteiger partial charge >= 0.3 is 0 Å². The molecule has 0 aliphatic heterocycles. The van der Waals surface area contributed by atoms with Crippen molar-refractivity contribution < 1.29 is 14.3 Å². The summed E-state index contributed by atoms with van der Waals surface area (Å²) in [5, 5.41) is 14.6. The lowest BCUT2D eigenvalue weighted by Crippen LogP contribution is -2.39. The number of hydrogen-bond acceptors (Lipinski definition) is 7. The quantitative estimate of drug-likeness (QED) is 0.436. The van der Waals surface area contributed by atoms with E-state index >= 15 is 0 Å². The minimum Gasteiger partial charge on any atom is -0.486 e. The summed E-state index contributed by atoms with van der Waals surface area (Å²) >= 11 is 1.17. The van der Waals surface area contributed by atoms with Crippen LogP contribution in [-0.4, -0.2) is 53.1 Å². The van der Waals surface area contributed by atoms with Crippen molar-refractivity contribution in [2.45, 2.75) is 44.8 Å². The number of carbonyl (C=O) groups is 2. The van der Waals surface area contributed by atoms with E-state index in [1.165, 1.54) is 43.4 Å². The molecule has 0 radical (unpaired) electrons. The Labute approximate surface area is 209 Å². The molecule has 1 saturated carbocycles. The van der Waals surface area contributed by atoms with Crippen molar-refractivity contribution in [3.63, 3.8) is 0 Å². The van der Waals surface area contributed by atoms with Gasteiger partial charge in [-0.15, -0.1) is 10.2 Å². The standard InChI is InChI=1S/C26H31N5O3S/c1-31(21-11-4-2-5-12-21)16-15-27-24(32)19-9-8-10-20(17-19)28-25(33)26-30-29-23(35-26)18-34-22-13-6-3-7-14-22/h3,6-10,13-14,17,21H,2,4-5,11-12,15-16,18H2,1H3,(H,27,32)(H,28,33). The number of amides is 2. The summed E-state index contributed by atoms with van der Waals surface area (Å²) in [7, 11) is 2.13. The lowest BCUT2D eigenvalue weighted by atomic mass is 9.94. The molecule has 8 nitrogen and oxygen atoms in total. The van der Waals surface area contributed by atoms with Gasteiger partial charge in [0.25, 0.3) is 11.8 Å². The van der Waals surface area contributed by atoms with Gasteiger partial charge in [-0.05, 0) is 50.2 Å². The lowest BCUT2D eigenvalue weighted by Gasteiger charge is -2.31. The number of likely N-dealkylation sites (N-methyl/N-ethyl adjacent to an activating group) is 1. The molecule has 184 valence electrons. The van der Waals surface area contributed by atoms with Crippen molar-refractivity contribution in [1.82, 2.24) is 20.4 Å². The molecule has 2 aromatic carbocycles. The maximum atomic E-state index is 12.6. The first-order valence-corrected chi connectivity index (χ1v) is 12.8. The van der Waals surface area contributed by atoms with Gasteiger partial charge in [0.05, 0.1) is 0 Å². The fraction of sp³-hybridized carbons (Fsp3) is 0.385. The first kappa shape index (κ1) is 24.8. The zero-order valence-electron chi connectivity index (χ0n) is 19.9. The van der Waals surface area contributed by atoms with Gasteiger partial charge in [-0.25, -0.2) is 0 Å². The van der Waals surface area contributed by atoms with Crippen molar-refractivity contribution in [2.75, 3.05) is 25.5 Å². The first-order chi connectivity index (χ1) is 17.1. The second-order valence-corrected chi connectivity index (χ2v) is 9.73. The maximum absolute atomic E-state index is 12.6. The molecule has 2 amide bonds. The molecule has 0 saturated heterocycles. The molecule has 35 heavy (non-hydrogen) atoms. The minimum atomic E-state index is -0.375. The van der Waals surface area contributed by atoms with Gasteiger partial charge in [0.1, 0.15) is 12.4 Å². The number of anilines is 1. The number of carbonyl (C=O) groups excluding carboxylic acids is 2. The van der Waals surface area contributed by atoms with Gasteiger partial charge in [-0.2, -0.15) is 0 Å². The molecule has 1 aliphatic carbocycles. The van der Waals surface area contributed by atoms with Crippen molar-refractivity contribution >= 4 is 28.8 Å². The van der Waals surface area contributed by atoms with Crippen molar-refractivity contribution in [1.29, 1.82) is 0 Å². The number of ether oxygens (including phenoxy) is 1. The fourth-order valence-corrected chi connectivity index (χ4v) is 4.79. The summed E-state index contributed by atoms with van der Waals surface area (Å²) in [6, 6.07) is 16.9. The van der Waals surface area contributed by atoms with Crippen LogP contribution in [0.1, 0.15) is 57.3 Å². The summed E-state index contributed by atoms with van der Waals surface area (Å²) in [6.07, 6.45) is 6.39. The molecular formula is C26H31N5O3S. The summed E-state index contributed by atoms with van der Waals surface area (Å²) in [5.74, 6) is 0.193. The highest BCUT2D eigenvalue weighted by Gasteiger charge is 2.18. The molecule has 0 atom stereocenters. The molecule has 9 heteroatoms. The predicted molar refractivity (Wildman–Crippen MR) is 137 cm³/mol. The second-order valence-electron chi connectivity index (χ2n) is 8.67. The predicted octanol–water partition coefficient (Wildman–Crippen LogP) is 4.36. The second kappa shape index (κ2) is 12.4. The van der Waals surface area contributed by atoms with Gasteiger partial charge in [0.15, 0.2) is 5.01 Å². The van der Waals surface area contributed by atoms with Crippen LogP contribution in [0.15, 0.2) is 54.6 Å². The van der Waals surface area contributed by atoms with Crippen LogP contribution < -0.4 is 15.4 Å². The normalized spacial score (nSPS) is 14.0. The number of para-hydroxylation sites is 1. The van der Waals surface area contributed by atoms with Crippen LogP contribution in [-0.2, 0) is 6.61 Å². The Balaban J connectivity index is 1.25. The Hall–Kier alpha value is -3.30. The Bertz CT molecular complexity index is 1110. The first-order valence-electron chi connectivity index (χ1n) is 12.0. The van der Waals surface area contributed by atoms with E-state index in [2.05, 4.69) is 32.8 Å². The number of hydrogen-bond donors (Lipinski definition) is 2. The van der Waals surface area contributed by atoms with E-state index in [1.807, 2.05) is 30.3 Å². The Morgan fingerprint density at radius 1 is 1.03 bits per heavy atom. The summed E-state index contributed by atoms with van der Waals surface area (Å²) < 4.78 is 5.66. The van der Waals surface area contributed by atoms with E-state index in [0.29, 0.717) is 28.8 Å². The van der Waals surface area contributed by atoms with E-state index in [4.69, 9.17) is 4.74 Å². The molecule has 1 heterocycles. The van der Waals surface area contributed by atoms with Crippen LogP contribution in [0.3, 0.4) is 0 Å². The molecule has 3 aromatic rings. The molecule has 1 fully saturated rings. The molecule has 1 aromatic heterocycles. The summed E-state index contributed by atoms with van der Waals surface area (Å²) in [6.45, 7) is 1.64.